The van der Waals surface area contributed by atoms with Crippen molar-refractivity contribution in [1.82, 2.24) is 4.98 Å². The van der Waals surface area contributed by atoms with Gasteiger partial charge in [-0.05, 0) is 36.8 Å². The Hall–Kier alpha value is -2.23. The normalized spacial score (nSPS) is 10.1. The van der Waals surface area contributed by atoms with E-state index < -0.39 is 0 Å². The third-order valence-electron chi connectivity index (χ3n) is 2.50. The molecule has 0 atom stereocenters. The molecule has 0 spiro atoms. The molecule has 1 aromatic carbocycles. The predicted octanol–water partition coefficient (Wildman–Crippen LogP) is 2.46. The van der Waals surface area contributed by atoms with Gasteiger partial charge in [0.25, 0.3) is 0 Å². The maximum Gasteiger partial charge on any atom is 0.142 e. The molecule has 0 bridgehead atoms. The van der Waals surface area contributed by atoms with E-state index in [4.69, 9.17) is 10.5 Å². The zero-order valence-electron chi connectivity index (χ0n) is 10.4. The molecular weight excluding hydrogens is 226 g/mol. The minimum absolute atomic E-state index is 0.545. The van der Waals surface area contributed by atoms with E-state index in [1.807, 2.05) is 43.3 Å². The van der Waals surface area contributed by atoms with Gasteiger partial charge in [-0.25, -0.2) is 4.98 Å². The number of nitrogens with one attached hydrogen (secondary N) is 1. The summed E-state index contributed by atoms with van der Waals surface area (Å²) >= 11 is 0. The van der Waals surface area contributed by atoms with Crippen molar-refractivity contribution in [3.8, 4) is 5.75 Å². The van der Waals surface area contributed by atoms with Gasteiger partial charge in [0.2, 0.25) is 0 Å². The summed E-state index contributed by atoms with van der Waals surface area (Å²) in [6, 6.07) is 11.4. The molecule has 0 aliphatic carbocycles. The van der Waals surface area contributed by atoms with Gasteiger partial charge < -0.3 is 15.8 Å². The van der Waals surface area contributed by atoms with Crippen LogP contribution in [0.25, 0.3) is 0 Å². The number of nitrogens with zero attached hydrogens (tertiary/aromatic N) is 1. The first-order valence-corrected chi connectivity index (χ1v) is 5.89. The van der Waals surface area contributed by atoms with Crippen LogP contribution in [-0.4, -0.2) is 18.1 Å². The number of para-hydroxylation sites is 2. The number of aromatic nitrogens is 1. The average molecular weight is 243 g/mol. The van der Waals surface area contributed by atoms with Gasteiger partial charge in [-0.2, -0.15) is 0 Å². The Bertz CT molecular complexity index is 514. The van der Waals surface area contributed by atoms with E-state index in [0.29, 0.717) is 18.8 Å². The molecule has 0 aliphatic heterocycles. The van der Waals surface area contributed by atoms with E-state index in [1.54, 1.807) is 6.20 Å². The molecule has 94 valence electrons. The molecule has 0 saturated carbocycles. The van der Waals surface area contributed by atoms with Crippen LogP contribution in [-0.2, 0) is 0 Å². The summed E-state index contributed by atoms with van der Waals surface area (Å²) < 4.78 is 5.57. The van der Waals surface area contributed by atoms with Gasteiger partial charge in [-0.1, -0.05) is 12.1 Å². The first-order valence-electron chi connectivity index (χ1n) is 5.89. The van der Waals surface area contributed by atoms with E-state index >= 15 is 0 Å². The summed E-state index contributed by atoms with van der Waals surface area (Å²) in [6.45, 7) is 3.27. The van der Waals surface area contributed by atoms with Crippen LogP contribution in [0.4, 0.5) is 11.5 Å². The molecule has 0 amide bonds. The van der Waals surface area contributed by atoms with Gasteiger partial charge in [-0.3, -0.25) is 0 Å². The van der Waals surface area contributed by atoms with Crippen molar-refractivity contribution in [1.29, 1.82) is 0 Å². The Balaban J connectivity index is 1.78. The highest BCUT2D eigenvalue weighted by atomic mass is 16.5. The van der Waals surface area contributed by atoms with Crippen LogP contribution in [0.1, 0.15) is 5.56 Å². The van der Waals surface area contributed by atoms with Crippen molar-refractivity contribution in [2.75, 3.05) is 24.2 Å². The Labute approximate surface area is 107 Å². The summed E-state index contributed by atoms with van der Waals surface area (Å²) in [6.07, 6.45) is 1.79. The van der Waals surface area contributed by atoms with Gasteiger partial charge in [0, 0.05) is 6.20 Å². The third-order valence-corrected chi connectivity index (χ3v) is 2.50. The van der Waals surface area contributed by atoms with Crippen molar-refractivity contribution < 1.29 is 4.74 Å². The van der Waals surface area contributed by atoms with Gasteiger partial charge in [0.15, 0.2) is 0 Å². The summed E-state index contributed by atoms with van der Waals surface area (Å²) in [4.78, 5) is 4.21. The smallest absolute Gasteiger partial charge is 0.142 e. The second kappa shape index (κ2) is 5.91. The van der Waals surface area contributed by atoms with Crippen LogP contribution in [0.5, 0.6) is 5.75 Å². The van der Waals surface area contributed by atoms with Gasteiger partial charge in [0.1, 0.15) is 18.2 Å². The van der Waals surface area contributed by atoms with Crippen LogP contribution >= 0.6 is 0 Å². The fourth-order valence-corrected chi connectivity index (χ4v) is 1.58. The zero-order chi connectivity index (χ0) is 12.8. The van der Waals surface area contributed by atoms with Crippen molar-refractivity contribution in [2.45, 2.75) is 6.92 Å². The van der Waals surface area contributed by atoms with E-state index in [9.17, 15) is 0 Å². The first kappa shape index (κ1) is 12.2. The largest absolute Gasteiger partial charge is 0.490 e. The lowest BCUT2D eigenvalue weighted by molar-refractivity contribution is 0.334. The van der Waals surface area contributed by atoms with E-state index in [1.165, 1.54) is 5.56 Å². The Kier molecular flexibility index (Phi) is 4.02. The van der Waals surface area contributed by atoms with Gasteiger partial charge in [-0.15, -0.1) is 0 Å². The summed E-state index contributed by atoms with van der Waals surface area (Å²) in [5.41, 5.74) is 7.62. The average Bonchev–Trinajstić information content (AvgIpc) is 2.37. The lowest BCUT2D eigenvalue weighted by Gasteiger charge is -2.09. The second-order valence-corrected chi connectivity index (χ2v) is 4.03. The molecule has 0 unspecified atom stereocenters. The lowest BCUT2D eigenvalue weighted by Crippen LogP contribution is -2.12. The molecule has 4 nitrogen and oxygen atoms in total. The number of benzene rings is 1. The highest BCUT2D eigenvalue weighted by Crippen LogP contribution is 2.19. The van der Waals surface area contributed by atoms with Crippen LogP contribution in [0.15, 0.2) is 42.6 Å². The lowest BCUT2D eigenvalue weighted by atomic mass is 10.3. The molecule has 0 fully saturated rings. The molecule has 3 N–H and O–H groups in total. The number of pyridine rings is 1. The number of rotatable bonds is 5. The summed E-state index contributed by atoms with van der Waals surface area (Å²) in [5.74, 6) is 1.58. The minimum Gasteiger partial charge on any atom is -0.490 e. The van der Waals surface area contributed by atoms with E-state index in [0.717, 1.165) is 11.6 Å². The standard InChI is InChI=1S/C14H17N3O/c1-11-6-7-16-14(10-11)17-8-9-18-13-5-3-2-4-12(13)15/h2-7,10H,8-9,15H2,1H3,(H,16,17). The van der Waals surface area contributed by atoms with Crippen molar-refractivity contribution in [2.24, 2.45) is 0 Å². The number of aryl methyl sites for hydroxylation is 1. The number of nitrogens with two attached hydrogens (primary N) is 1. The molecule has 4 heteroatoms. The summed E-state index contributed by atoms with van der Waals surface area (Å²) in [7, 11) is 0. The van der Waals surface area contributed by atoms with Crippen LogP contribution in [0.2, 0.25) is 0 Å². The first-order chi connectivity index (χ1) is 8.75. The maximum absolute atomic E-state index is 5.78. The Morgan fingerprint density at radius 2 is 2.11 bits per heavy atom. The second-order valence-electron chi connectivity index (χ2n) is 4.03. The van der Waals surface area contributed by atoms with Crippen LogP contribution < -0.4 is 15.8 Å². The van der Waals surface area contributed by atoms with Crippen LogP contribution in [0.3, 0.4) is 0 Å². The van der Waals surface area contributed by atoms with Crippen molar-refractivity contribution in [3.63, 3.8) is 0 Å². The number of nitrogen functional groups attached to an aromatic ring is 1. The molecule has 2 rings (SSSR count). The highest BCUT2D eigenvalue weighted by molar-refractivity contribution is 5.51. The number of ether oxygens (including phenoxy) is 1. The monoisotopic (exact) mass is 243 g/mol. The zero-order valence-corrected chi connectivity index (χ0v) is 10.4. The Morgan fingerprint density at radius 3 is 2.89 bits per heavy atom. The quantitative estimate of drug-likeness (QED) is 0.625. The Morgan fingerprint density at radius 1 is 1.28 bits per heavy atom. The third kappa shape index (κ3) is 3.38. The molecule has 1 aromatic heterocycles. The van der Waals surface area contributed by atoms with Gasteiger partial charge in [0.05, 0.1) is 12.2 Å². The highest BCUT2D eigenvalue weighted by Gasteiger charge is 1.98. The molecule has 2 aromatic rings. The minimum atomic E-state index is 0.545. The summed E-state index contributed by atoms with van der Waals surface area (Å²) in [5, 5.41) is 3.20. The molecule has 1 heterocycles. The van der Waals surface area contributed by atoms with Gasteiger partial charge >= 0.3 is 0 Å². The molecular formula is C14H17N3O. The van der Waals surface area contributed by atoms with Crippen molar-refractivity contribution in [3.05, 3.63) is 48.2 Å². The topological polar surface area (TPSA) is 60.2 Å². The fourth-order valence-electron chi connectivity index (χ4n) is 1.58. The molecule has 0 saturated heterocycles. The number of hydrogen-bond donors (Lipinski definition) is 2. The number of anilines is 2. The van der Waals surface area contributed by atoms with Crippen molar-refractivity contribution >= 4 is 11.5 Å². The number of hydrogen-bond acceptors (Lipinski definition) is 4. The fraction of sp³-hybridized carbons (Fsp3) is 0.214. The molecule has 0 aliphatic rings. The van der Waals surface area contributed by atoms with Crippen LogP contribution in [0, 0.1) is 6.92 Å². The predicted molar refractivity (Wildman–Crippen MR) is 73.8 cm³/mol. The maximum atomic E-state index is 5.78. The molecule has 18 heavy (non-hydrogen) atoms. The van der Waals surface area contributed by atoms with E-state index in [2.05, 4.69) is 10.3 Å². The van der Waals surface area contributed by atoms with E-state index in [-0.39, 0.29) is 0 Å². The SMILES string of the molecule is Cc1ccnc(NCCOc2ccccc2N)c1. The molecule has 0 radical (unpaired) electrons.